The number of aliphatic hydroxyl groups excluding tert-OH is 1. The van der Waals surface area contributed by atoms with E-state index in [4.69, 9.17) is 4.74 Å². The number of fused-ring (bicyclic) bond motifs is 2. The van der Waals surface area contributed by atoms with E-state index in [2.05, 4.69) is 11.4 Å². The molecule has 4 rings (SSSR count). The predicted octanol–water partition coefficient (Wildman–Crippen LogP) is 1.13. The first-order valence-electron chi connectivity index (χ1n) is 8.07. The van der Waals surface area contributed by atoms with Crippen molar-refractivity contribution in [3.63, 3.8) is 0 Å². The summed E-state index contributed by atoms with van der Waals surface area (Å²) >= 11 is 0. The molecule has 0 aromatic heterocycles. The highest BCUT2D eigenvalue weighted by Crippen LogP contribution is 2.41. The molecule has 0 unspecified atom stereocenters. The lowest BCUT2D eigenvalue weighted by Gasteiger charge is -2.26. The lowest BCUT2D eigenvalue weighted by molar-refractivity contribution is 0.0631. The predicted molar refractivity (Wildman–Crippen MR) is 83.0 cm³/mol. The second-order valence-corrected chi connectivity index (χ2v) is 6.79. The van der Waals surface area contributed by atoms with Crippen LogP contribution in [0.3, 0.4) is 0 Å². The number of nitrogens with zero attached hydrogens (tertiary/aromatic N) is 1. The topological polar surface area (TPSA) is 61.8 Å². The number of benzene rings is 1. The van der Waals surface area contributed by atoms with Crippen LogP contribution in [0.2, 0.25) is 0 Å². The molecule has 3 aliphatic rings. The minimum absolute atomic E-state index is 0.0773. The Morgan fingerprint density at radius 3 is 3.23 bits per heavy atom. The van der Waals surface area contributed by atoms with Crippen molar-refractivity contribution in [1.29, 1.82) is 0 Å². The zero-order valence-corrected chi connectivity index (χ0v) is 12.7. The first-order chi connectivity index (χ1) is 10.7. The fraction of sp³-hybridized carbons (Fsp3) is 0.588. The number of ether oxygens (including phenoxy) is 1. The van der Waals surface area contributed by atoms with Gasteiger partial charge in [-0.15, -0.1) is 0 Å². The van der Waals surface area contributed by atoms with Gasteiger partial charge in [-0.05, 0) is 24.5 Å². The van der Waals surface area contributed by atoms with E-state index in [9.17, 15) is 9.90 Å². The highest BCUT2D eigenvalue weighted by molar-refractivity contribution is 6.00. The van der Waals surface area contributed by atoms with Gasteiger partial charge in [0.25, 0.3) is 5.91 Å². The minimum atomic E-state index is -0.252. The van der Waals surface area contributed by atoms with Gasteiger partial charge in [0.2, 0.25) is 0 Å². The first kappa shape index (κ1) is 14.0. The van der Waals surface area contributed by atoms with E-state index in [1.165, 1.54) is 5.56 Å². The molecule has 1 aromatic rings. The number of carbonyl (C=O) groups is 1. The third-order valence-corrected chi connectivity index (χ3v) is 5.43. The minimum Gasteiger partial charge on any atom is -0.396 e. The Hall–Kier alpha value is -1.59. The number of anilines is 1. The van der Waals surface area contributed by atoms with Crippen LogP contribution in [-0.4, -0.2) is 55.4 Å². The summed E-state index contributed by atoms with van der Waals surface area (Å²) in [5, 5.41) is 13.1. The molecule has 0 spiro atoms. The van der Waals surface area contributed by atoms with Gasteiger partial charge in [0.05, 0.1) is 31.1 Å². The Labute approximate surface area is 130 Å². The number of hydrogen-bond acceptors (Lipinski definition) is 4. The summed E-state index contributed by atoms with van der Waals surface area (Å²) in [6.45, 7) is 3.50. The summed E-state index contributed by atoms with van der Waals surface area (Å²) in [5.41, 5.74) is 2.76. The molecule has 5 nitrogen and oxygen atoms in total. The molecule has 0 saturated carbocycles. The Kier molecular flexibility index (Phi) is 3.35. The number of likely N-dealkylation sites (tertiary alicyclic amines) is 1. The van der Waals surface area contributed by atoms with Crippen molar-refractivity contribution in [3.8, 4) is 0 Å². The van der Waals surface area contributed by atoms with Crippen LogP contribution in [0.5, 0.6) is 0 Å². The van der Waals surface area contributed by atoms with Gasteiger partial charge in [-0.25, -0.2) is 0 Å². The first-order valence-corrected chi connectivity index (χ1v) is 8.07. The van der Waals surface area contributed by atoms with Crippen molar-refractivity contribution in [2.24, 2.45) is 11.3 Å². The molecule has 5 heteroatoms. The lowest BCUT2D eigenvalue weighted by atomic mass is 9.82. The molecular formula is C17H22N2O3. The monoisotopic (exact) mass is 302 g/mol. The number of aliphatic hydroxyl groups is 1. The smallest absolute Gasteiger partial charge is 0.255 e. The molecule has 2 saturated heterocycles. The van der Waals surface area contributed by atoms with Crippen LogP contribution in [0.4, 0.5) is 5.69 Å². The van der Waals surface area contributed by atoms with E-state index in [1.54, 1.807) is 0 Å². The molecule has 2 fully saturated rings. The molecular weight excluding hydrogens is 280 g/mol. The van der Waals surface area contributed by atoms with E-state index in [0.29, 0.717) is 26.3 Å². The van der Waals surface area contributed by atoms with Crippen LogP contribution in [0.15, 0.2) is 18.2 Å². The average Bonchev–Trinajstić information content (AvgIpc) is 3.11. The molecule has 2 N–H and O–H groups in total. The Balaban J connectivity index is 1.61. The summed E-state index contributed by atoms with van der Waals surface area (Å²) in [5.74, 6) is 0.336. The molecule has 2 atom stereocenters. The number of hydrogen-bond donors (Lipinski definition) is 2. The van der Waals surface area contributed by atoms with E-state index < -0.39 is 0 Å². The number of aryl methyl sites for hydroxylation is 1. The van der Waals surface area contributed by atoms with Gasteiger partial charge >= 0.3 is 0 Å². The average molecular weight is 302 g/mol. The number of rotatable bonds is 2. The molecule has 3 heterocycles. The summed E-state index contributed by atoms with van der Waals surface area (Å²) in [4.78, 5) is 14.9. The van der Waals surface area contributed by atoms with Crippen molar-refractivity contribution in [2.45, 2.75) is 12.8 Å². The Morgan fingerprint density at radius 2 is 2.41 bits per heavy atom. The maximum Gasteiger partial charge on any atom is 0.255 e. The third kappa shape index (κ3) is 2.03. The lowest BCUT2D eigenvalue weighted by Crippen LogP contribution is -2.36. The Morgan fingerprint density at radius 1 is 1.50 bits per heavy atom. The largest absolute Gasteiger partial charge is 0.396 e. The van der Waals surface area contributed by atoms with Gasteiger partial charge in [0.15, 0.2) is 0 Å². The van der Waals surface area contributed by atoms with Crippen molar-refractivity contribution in [1.82, 2.24) is 4.90 Å². The number of nitrogens with one attached hydrogen (secondary N) is 1. The maximum absolute atomic E-state index is 13.0. The van der Waals surface area contributed by atoms with E-state index in [0.717, 1.165) is 30.6 Å². The fourth-order valence-electron chi connectivity index (χ4n) is 4.07. The van der Waals surface area contributed by atoms with Crippen LogP contribution in [-0.2, 0) is 11.2 Å². The van der Waals surface area contributed by atoms with Crippen LogP contribution in [0, 0.1) is 11.3 Å². The summed E-state index contributed by atoms with van der Waals surface area (Å²) < 4.78 is 5.52. The molecule has 0 bridgehead atoms. The highest BCUT2D eigenvalue weighted by Gasteiger charge is 2.51. The van der Waals surface area contributed by atoms with Crippen LogP contribution < -0.4 is 5.32 Å². The van der Waals surface area contributed by atoms with Crippen LogP contribution >= 0.6 is 0 Å². The van der Waals surface area contributed by atoms with Gasteiger partial charge < -0.3 is 20.1 Å². The molecule has 0 aliphatic carbocycles. The van der Waals surface area contributed by atoms with Gasteiger partial charge in [0.1, 0.15) is 0 Å². The van der Waals surface area contributed by atoms with Gasteiger partial charge in [0, 0.05) is 31.0 Å². The SMILES string of the molecule is O=C(c1cccc2c1NCCC2)N1C[C@H]2COC[C@@]2(CO)C1. The van der Waals surface area contributed by atoms with Gasteiger partial charge in [-0.3, -0.25) is 4.79 Å². The number of amides is 1. The van der Waals surface area contributed by atoms with Crippen LogP contribution in [0.1, 0.15) is 22.3 Å². The molecule has 22 heavy (non-hydrogen) atoms. The summed E-state index contributed by atoms with van der Waals surface area (Å²) in [6.07, 6.45) is 2.14. The standard InChI is InChI=1S/C17H22N2O3/c20-10-17-9-19(7-13(17)8-22-11-17)16(21)14-5-1-3-12-4-2-6-18-15(12)14/h1,3,5,13,18,20H,2,4,6-11H2/t13-,17-/m0/s1. The second kappa shape index (κ2) is 5.25. The van der Waals surface area contributed by atoms with Crippen molar-refractivity contribution < 1.29 is 14.6 Å². The zero-order chi connectivity index (χ0) is 15.2. The highest BCUT2D eigenvalue weighted by atomic mass is 16.5. The molecule has 0 radical (unpaired) electrons. The quantitative estimate of drug-likeness (QED) is 0.859. The van der Waals surface area contributed by atoms with E-state index in [-0.39, 0.29) is 23.8 Å². The summed E-state index contributed by atoms with van der Waals surface area (Å²) in [7, 11) is 0. The molecule has 1 aromatic carbocycles. The fourth-order valence-corrected chi connectivity index (χ4v) is 4.07. The molecule has 3 aliphatic heterocycles. The molecule has 1 amide bonds. The van der Waals surface area contributed by atoms with Crippen molar-refractivity contribution in [3.05, 3.63) is 29.3 Å². The molecule has 118 valence electrons. The van der Waals surface area contributed by atoms with E-state index >= 15 is 0 Å². The van der Waals surface area contributed by atoms with Crippen molar-refractivity contribution >= 4 is 11.6 Å². The number of carbonyl (C=O) groups excluding carboxylic acids is 1. The number of para-hydroxylation sites is 1. The van der Waals surface area contributed by atoms with Crippen molar-refractivity contribution in [2.75, 3.05) is 44.8 Å². The van der Waals surface area contributed by atoms with Crippen LogP contribution in [0.25, 0.3) is 0 Å². The maximum atomic E-state index is 13.0. The van der Waals surface area contributed by atoms with Gasteiger partial charge in [-0.2, -0.15) is 0 Å². The zero-order valence-electron chi connectivity index (χ0n) is 12.7. The van der Waals surface area contributed by atoms with Gasteiger partial charge in [-0.1, -0.05) is 12.1 Å². The van der Waals surface area contributed by atoms with E-state index in [1.807, 2.05) is 17.0 Å². The second-order valence-electron chi connectivity index (χ2n) is 6.79. The Bertz CT molecular complexity index is 604. The normalized spacial score (nSPS) is 29.9. The third-order valence-electron chi connectivity index (χ3n) is 5.43. The summed E-state index contributed by atoms with van der Waals surface area (Å²) in [6, 6.07) is 5.98.